The van der Waals surface area contributed by atoms with E-state index in [9.17, 15) is 9.59 Å². The molecule has 26 heavy (non-hydrogen) atoms. The first-order valence-corrected chi connectivity index (χ1v) is 9.01. The Morgan fingerprint density at radius 2 is 1.96 bits per heavy atom. The molecule has 0 atom stereocenters. The Bertz CT molecular complexity index is 889. The molecule has 3 rings (SSSR count). The number of nitrogens with one attached hydrogen (secondary N) is 2. The standard InChI is InChI=1S/C18H18N4O3S/c1-12-5-2-7-19-16(12)18(24)21-9-4-8-20-17(23)13-11-14(25-22-13)15-6-3-10-26-15/h2-3,5-7,10-11H,4,8-9H2,1H3,(H,20,23)(H,21,24). The molecule has 0 aliphatic heterocycles. The van der Waals surface area contributed by atoms with E-state index in [2.05, 4.69) is 20.8 Å². The van der Waals surface area contributed by atoms with Crippen LogP contribution in [0.3, 0.4) is 0 Å². The summed E-state index contributed by atoms with van der Waals surface area (Å²) in [6.07, 6.45) is 2.18. The maximum atomic E-state index is 12.1. The number of amides is 2. The van der Waals surface area contributed by atoms with Gasteiger partial charge in [0.2, 0.25) is 0 Å². The van der Waals surface area contributed by atoms with Gasteiger partial charge in [-0.15, -0.1) is 11.3 Å². The number of carbonyl (C=O) groups is 2. The monoisotopic (exact) mass is 370 g/mol. The van der Waals surface area contributed by atoms with Gasteiger partial charge in [-0.2, -0.15) is 0 Å². The van der Waals surface area contributed by atoms with E-state index in [0.717, 1.165) is 10.4 Å². The van der Waals surface area contributed by atoms with E-state index in [1.807, 2.05) is 30.5 Å². The first-order chi connectivity index (χ1) is 12.6. The lowest BCUT2D eigenvalue weighted by atomic mass is 10.2. The van der Waals surface area contributed by atoms with Gasteiger partial charge in [0, 0.05) is 25.4 Å². The van der Waals surface area contributed by atoms with Gasteiger partial charge in [-0.1, -0.05) is 17.3 Å². The van der Waals surface area contributed by atoms with E-state index < -0.39 is 0 Å². The van der Waals surface area contributed by atoms with Crippen LogP contribution in [0.15, 0.2) is 46.4 Å². The van der Waals surface area contributed by atoms with Crippen molar-refractivity contribution in [2.75, 3.05) is 13.1 Å². The van der Waals surface area contributed by atoms with Crippen molar-refractivity contribution in [3.05, 3.63) is 58.9 Å². The van der Waals surface area contributed by atoms with Gasteiger partial charge >= 0.3 is 0 Å². The number of hydrogen-bond donors (Lipinski definition) is 2. The third-order valence-electron chi connectivity index (χ3n) is 3.66. The summed E-state index contributed by atoms with van der Waals surface area (Å²) in [5.74, 6) is 0.0538. The predicted molar refractivity (Wildman–Crippen MR) is 98.1 cm³/mol. The fraction of sp³-hybridized carbons (Fsp3) is 0.222. The molecule has 0 fully saturated rings. The fourth-order valence-electron chi connectivity index (χ4n) is 2.31. The molecule has 0 saturated carbocycles. The van der Waals surface area contributed by atoms with Crippen molar-refractivity contribution in [1.82, 2.24) is 20.8 Å². The van der Waals surface area contributed by atoms with Gasteiger partial charge in [0.15, 0.2) is 11.5 Å². The van der Waals surface area contributed by atoms with Crippen LogP contribution >= 0.6 is 11.3 Å². The first-order valence-electron chi connectivity index (χ1n) is 8.14. The smallest absolute Gasteiger partial charge is 0.273 e. The lowest BCUT2D eigenvalue weighted by Gasteiger charge is -2.07. The SMILES string of the molecule is Cc1cccnc1C(=O)NCCCNC(=O)c1cc(-c2cccs2)on1. The number of rotatable bonds is 7. The Morgan fingerprint density at radius 1 is 1.15 bits per heavy atom. The highest BCUT2D eigenvalue weighted by molar-refractivity contribution is 7.13. The molecule has 0 spiro atoms. The molecule has 0 radical (unpaired) electrons. The maximum Gasteiger partial charge on any atom is 0.273 e. The van der Waals surface area contributed by atoms with Crippen molar-refractivity contribution >= 4 is 23.2 Å². The zero-order chi connectivity index (χ0) is 18.4. The molecule has 134 valence electrons. The average molecular weight is 370 g/mol. The molecular formula is C18H18N4O3S. The van der Waals surface area contributed by atoms with Crippen LogP contribution in [-0.2, 0) is 0 Å². The van der Waals surface area contributed by atoms with Gasteiger partial charge in [0.1, 0.15) is 5.69 Å². The molecule has 2 amide bonds. The zero-order valence-electron chi connectivity index (χ0n) is 14.2. The number of aromatic nitrogens is 2. The van der Waals surface area contributed by atoms with Crippen molar-refractivity contribution in [3.63, 3.8) is 0 Å². The van der Waals surface area contributed by atoms with Crippen molar-refractivity contribution in [2.45, 2.75) is 13.3 Å². The minimum atomic E-state index is -0.302. The molecule has 0 bridgehead atoms. The lowest BCUT2D eigenvalue weighted by Crippen LogP contribution is -2.30. The van der Waals surface area contributed by atoms with Crippen molar-refractivity contribution in [1.29, 1.82) is 0 Å². The average Bonchev–Trinajstić information content (AvgIpc) is 3.32. The summed E-state index contributed by atoms with van der Waals surface area (Å²) in [7, 11) is 0. The second kappa shape index (κ2) is 8.39. The minimum Gasteiger partial charge on any atom is -0.355 e. The molecule has 0 unspecified atom stereocenters. The first kappa shape index (κ1) is 17.8. The Hall–Kier alpha value is -3.00. The van der Waals surface area contributed by atoms with Gasteiger partial charge < -0.3 is 15.2 Å². The number of thiophene rings is 1. The van der Waals surface area contributed by atoms with Crippen LogP contribution in [0.2, 0.25) is 0 Å². The van der Waals surface area contributed by atoms with E-state index in [1.54, 1.807) is 18.3 Å². The van der Waals surface area contributed by atoms with E-state index >= 15 is 0 Å². The van der Waals surface area contributed by atoms with Crippen LogP contribution in [0, 0.1) is 6.92 Å². The normalized spacial score (nSPS) is 10.5. The number of nitrogens with zero attached hydrogens (tertiary/aromatic N) is 2. The molecule has 3 heterocycles. The molecule has 3 aromatic heterocycles. The lowest BCUT2D eigenvalue weighted by molar-refractivity contribution is 0.0943. The molecular weight excluding hydrogens is 352 g/mol. The Balaban J connectivity index is 1.40. The highest BCUT2D eigenvalue weighted by Crippen LogP contribution is 2.24. The molecule has 0 aliphatic rings. The summed E-state index contributed by atoms with van der Waals surface area (Å²) in [5, 5.41) is 11.3. The predicted octanol–water partition coefficient (Wildman–Crippen LogP) is 2.66. The third-order valence-corrected chi connectivity index (χ3v) is 4.54. The van der Waals surface area contributed by atoms with Gasteiger partial charge in [0.05, 0.1) is 4.88 Å². The van der Waals surface area contributed by atoms with Gasteiger partial charge in [-0.3, -0.25) is 14.6 Å². The molecule has 0 aliphatic carbocycles. The van der Waals surface area contributed by atoms with E-state index in [-0.39, 0.29) is 17.5 Å². The molecule has 8 heteroatoms. The Labute approximate surface area is 154 Å². The summed E-state index contributed by atoms with van der Waals surface area (Å²) in [6.45, 7) is 2.69. The maximum absolute atomic E-state index is 12.1. The molecule has 0 saturated heterocycles. The zero-order valence-corrected chi connectivity index (χ0v) is 15.0. The molecule has 3 aromatic rings. The minimum absolute atomic E-state index is 0.216. The van der Waals surface area contributed by atoms with Crippen LogP contribution in [-0.4, -0.2) is 35.0 Å². The number of carbonyl (C=O) groups excluding carboxylic acids is 2. The van der Waals surface area contributed by atoms with Crippen molar-refractivity contribution < 1.29 is 14.1 Å². The van der Waals surface area contributed by atoms with E-state index in [0.29, 0.717) is 31.0 Å². The van der Waals surface area contributed by atoms with Gasteiger partial charge in [-0.05, 0) is 36.4 Å². The van der Waals surface area contributed by atoms with Crippen LogP contribution in [0.25, 0.3) is 10.6 Å². The van der Waals surface area contributed by atoms with Crippen LogP contribution in [0.1, 0.15) is 33.0 Å². The molecule has 0 aromatic carbocycles. The number of pyridine rings is 1. The van der Waals surface area contributed by atoms with Crippen molar-refractivity contribution in [3.8, 4) is 10.6 Å². The quantitative estimate of drug-likeness (QED) is 0.623. The largest absolute Gasteiger partial charge is 0.355 e. The third kappa shape index (κ3) is 4.34. The van der Waals surface area contributed by atoms with Crippen LogP contribution in [0.5, 0.6) is 0 Å². The highest BCUT2D eigenvalue weighted by Gasteiger charge is 2.14. The highest BCUT2D eigenvalue weighted by atomic mass is 32.1. The van der Waals surface area contributed by atoms with Crippen LogP contribution in [0.4, 0.5) is 0 Å². The molecule has 2 N–H and O–H groups in total. The van der Waals surface area contributed by atoms with Gasteiger partial charge in [-0.25, -0.2) is 0 Å². The number of aryl methyl sites for hydroxylation is 1. The summed E-state index contributed by atoms with van der Waals surface area (Å²) >= 11 is 1.52. The fourth-order valence-corrected chi connectivity index (χ4v) is 2.98. The summed E-state index contributed by atoms with van der Waals surface area (Å²) in [6, 6.07) is 9.05. The van der Waals surface area contributed by atoms with E-state index in [1.165, 1.54) is 11.3 Å². The number of hydrogen-bond acceptors (Lipinski definition) is 6. The topological polar surface area (TPSA) is 97.1 Å². The second-order valence-electron chi connectivity index (χ2n) is 5.59. The summed E-state index contributed by atoms with van der Waals surface area (Å²) < 4.78 is 5.18. The summed E-state index contributed by atoms with van der Waals surface area (Å²) in [5.41, 5.74) is 1.48. The van der Waals surface area contributed by atoms with E-state index in [4.69, 9.17) is 4.52 Å². The Morgan fingerprint density at radius 3 is 2.69 bits per heavy atom. The van der Waals surface area contributed by atoms with Crippen molar-refractivity contribution in [2.24, 2.45) is 0 Å². The molecule has 7 nitrogen and oxygen atoms in total. The second-order valence-corrected chi connectivity index (χ2v) is 6.54. The van der Waals surface area contributed by atoms with Gasteiger partial charge in [0.25, 0.3) is 11.8 Å². The van der Waals surface area contributed by atoms with Crippen LogP contribution < -0.4 is 10.6 Å². The summed E-state index contributed by atoms with van der Waals surface area (Å²) in [4.78, 5) is 29.1. The Kier molecular flexibility index (Phi) is 5.75.